The Balaban J connectivity index is 1.62. The Morgan fingerprint density at radius 3 is 2.26 bits per heavy atom. The van der Waals surface area contributed by atoms with Crippen molar-refractivity contribution in [3.63, 3.8) is 0 Å². The van der Waals surface area contributed by atoms with Crippen LogP contribution >= 0.6 is 0 Å². The Bertz CT molecular complexity index is 1300. The maximum absolute atomic E-state index is 13.9. The SMILES string of the molecule is COc1ccc([C@@H]2C[C@@H](c3ccc(C)cc3)N(C(=O)c3cccc(OC)c3)c3ncnn32)cc1. The Morgan fingerprint density at radius 2 is 1.56 bits per heavy atom. The van der Waals surface area contributed by atoms with Crippen LogP contribution in [0.5, 0.6) is 11.5 Å². The lowest BCUT2D eigenvalue weighted by molar-refractivity contribution is 0.0963. The van der Waals surface area contributed by atoms with Gasteiger partial charge in [0, 0.05) is 5.56 Å². The number of hydrogen-bond donors (Lipinski definition) is 0. The molecular weight excluding hydrogens is 428 g/mol. The molecule has 7 nitrogen and oxygen atoms in total. The van der Waals surface area contributed by atoms with Crippen molar-refractivity contribution < 1.29 is 14.3 Å². The fourth-order valence-electron chi connectivity index (χ4n) is 4.50. The topological polar surface area (TPSA) is 69.5 Å². The molecule has 4 aromatic rings. The standard InChI is InChI=1S/C27H26N4O3/c1-18-7-9-19(10-8-18)24-16-25(20-11-13-22(33-2)14-12-20)31-27(28-17-29-31)30(24)26(32)21-5-4-6-23(15-21)34-3/h4-15,17,24-25H,16H2,1-3H3/t24-,25-/m0/s1. The van der Waals surface area contributed by atoms with Crippen LogP contribution in [0.1, 0.15) is 45.6 Å². The van der Waals surface area contributed by atoms with Crippen molar-refractivity contribution in [3.8, 4) is 11.5 Å². The molecule has 0 spiro atoms. The van der Waals surface area contributed by atoms with Crippen molar-refractivity contribution in [2.24, 2.45) is 0 Å². The fourth-order valence-corrected chi connectivity index (χ4v) is 4.50. The number of carbonyl (C=O) groups is 1. The molecule has 7 heteroatoms. The second kappa shape index (κ2) is 9.02. The zero-order valence-corrected chi connectivity index (χ0v) is 19.4. The van der Waals surface area contributed by atoms with Crippen molar-refractivity contribution >= 4 is 11.9 Å². The van der Waals surface area contributed by atoms with Crippen molar-refractivity contribution in [2.75, 3.05) is 19.1 Å². The number of hydrogen-bond acceptors (Lipinski definition) is 5. The van der Waals surface area contributed by atoms with Gasteiger partial charge in [-0.2, -0.15) is 10.1 Å². The number of benzene rings is 3. The van der Waals surface area contributed by atoms with E-state index in [4.69, 9.17) is 9.47 Å². The number of nitrogens with zero attached hydrogens (tertiary/aromatic N) is 4. The molecule has 0 saturated heterocycles. The van der Waals surface area contributed by atoms with Gasteiger partial charge in [0.2, 0.25) is 5.95 Å². The van der Waals surface area contributed by atoms with Crippen molar-refractivity contribution in [3.05, 3.63) is 101 Å². The first-order chi connectivity index (χ1) is 16.6. The van der Waals surface area contributed by atoms with E-state index in [-0.39, 0.29) is 18.0 Å². The molecular formula is C27H26N4O3. The van der Waals surface area contributed by atoms with Gasteiger partial charge in [-0.1, -0.05) is 48.0 Å². The minimum atomic E-state index is -0.219. The van der Waals surface area contributed by atoms with Gasteiger partial charge in [-0.15, -0.1) is 0 Å². The van der Waals surface area contributed by atoms with E-state index in [2.05, 4.69) is 41.3 Å². The molecule has 1 aliphatic rings. The normalized spacial score (nSPS) is 17.2. The first-order valence-corrected chi connectivity index (χ1v) is 11.2. The summed E-state index contributed by atoms with van der Waals surface area (Å²) in [6.07, 6.45) is 2.16. The highest BCUT2D eigenvalue weighted by Crippen LogP contribution is 2.42. The number of ether oxygens (including phenoxy) is 2. The number of methoxy groups -OCH3 is 2. The number of aryl methyl sites for hydroxylation is 1. The molecule has 0 saturated carbocycles. The summed E-state index contributed by atoms with van der Waals surface area (Å²) in [5, 5.41) is 4.52. The molecule has 1 aromatic heterocycles. The molecule has 1 aliphatic heterocycles. The van der Waals surface area contributed by atoms with E-state index >= 15 is 0 Å². The van der Waals surface area contributed by atoms with E-state index < -0.39 is 0 Å². The lowest BCUT2D eigenvalue weighted by Crippen LogP contribution is -2.42. The van der Waals surface area contributed by atoms with E-state index in [1.165, 1.54) is 11.9 Å². The van der Waals surface area contributed by atoms with Gasteiger partial charge in [-0.3, -0.25) is 9.69 Å². The van der Waals surface area contributed by atoms with Crippen molar-refractivity contribution in [1.82, 2.24) is 14.8 Å². The maximum atomic E-state index is 13.9. The molecule has 34 heavy (non-hydrogen) atoms. The van der Waals surface area contributed by atoms with Gasteiger partial charge in [0.25, 0.3) is 5.91 Å². The molecule has 0 unspecified atom stereocenters. The van der Waals surface area contributed by atoms with Gasteiger partial charge in [0.1, 0.15) is 17.8 Å². The third-order valence-corrected chi connectivity index (χ3v) is 6.32. The molecule has 2 atom stereocenters. The zero-order chi connectivity index (χ0) is 23.7. The summed E-state index contributed by atoms with van der Waals surface area (Å²) in [6, 6.07) is 23.2. The number of fused-ring (bicyclic) bond motifs is 1. The molecule has 0 fully saturated rings. The molecule has 3 aromatic carbocycles. The summed E-state index contributed by atoms with van der Waals surface area (Å²) in [5.74, 6) is 1.80. The van der Waals surface area contributed by atoms with Crippen LogP contribution in [0.4, 0.5) is 5.95 Å². The van der Waals surface area contributed by atoms with Crippen LogP contribution in [0, 0.1) is 6.92 Å². The van der Waals surface area contributed by atoms with Crippen LogP contribution in [0.2, 0.25) is 0 Å². The first-order valence-electron chi connectivity index (χ1n) is 11.2. The molecule has 172 valence electrons. The zero-order valence-electron chi connectivity index (χ0n) is 19.4. The highest BCUT2D eigenvalue weighted by molar-refractivity contribution is 6.06. The molecule has 0 N–H and O–H groups in total. The fraction of sp³-hybridized carbons (Fsp3) is 0.222. The van der Waals surface area contributed by atoms with Crippen LogP contribution in [0.15, 0.2) is 79.1 Å². The van der Waals surface area contributed by atoms with Gasteiger partial charge in [0.05, 0.1) is 26.3 Å². The number of amides is 1. The van der Waals surface area contributed by atoms with E-state index in [0.717, 1.165) is 16.9 Å². The van der Waals surface area contributed by atoms with Gasteiger partial charge in [-0.25, -0.2) is 4.68 Å². The lowest BCUT2D eigenvalue weighted by atomic mass is 9.91. The Morgan fingerprint density at radius 1 is 0.882 bits per heavy atom. The Kier molecular flexibility index (Phi) is 5.76. The lowest BCUT2D eigenvalue weighted by Gasteiger charge is -2.39. The summed E-state index contributed by atoms with van der Waals surface area (Å²) < 4.78 is 12.5. The number of aromatic nitrogens is 3. The minimum absolute atomic E-state index is 0.0796. The highest BCUT2D eigenvalue weighted by atomic mass is 16.5. The molecule has 0 bridgehead atoms. The van der Waals surface area contributed by atoms with Crippen molar-refractivity contribution in [1.29, 1.82) is 0 Å². The Hall–Kier alpha value is -4.13. The van der Waals surface area contributed by atoms with Crippen LogP contribution in [-0.2, 0) is 0 Å². The van der Waals surface area contributed by atoms with Crippen LogP contribution < -0.4 is 14.4 Å². The van der Waals surface area contributed by atoms with Gasteiger partial charge in [-0.05, 0) is 54.8 Å². The second-order valence-electron chi connectivity index (χ2n) is 8.36. The summed E-state index contributed by atoms with van der Waals surface area (Å²) in [5.41, 5.74) is 3.83. The molecule has 0 radical (unpaired) electrons. The molecule has 5 rings (SSSR count). The highest BCUT2D eigenvalue weighted by Gasteiger charge is 2.39. The first kappa shape index (κ1) is 21.7. The maximum Gasteiger partial charge on any atom is 0.261 e. The van der Waals surface area contributed by atoms with Gasteiger partial charge >= 0.3 is 0 Å². The quantitative estimate of drug-likeness (QED) is 0.425. The van der Waals surface area contributed by atoms with Crippen molar-refractivity contribution in [2.45, 2.75) is 25.4 Å². The average Bonchev–Trinajstić information content (AvgIpc) is 3.38. The number of carbonyl (C=O) groups excluding carboxylic acids is 1. The number of rotatable bonds is 5. The predicted molar refractivity (Wildman–Crippen MR) is 129 cm³/mol. The smallest absolute Gasteiger partial charge is 0.261 e. The predicted octanol–water partition coefficient (Wildman–Crippen LogP) is 4.98. The molecule has 1 amide bonds. The van der Waals surface area contributed by atoms with Crippen LogP contribution in [0.3, 0.4) is 0 Å². The summed E-state index contributed by atoms with van der Waals surface area (Å²) >= 11 is 0. The number of anilines is 1. The Labute approximate surface area is 198 Å². The van der Waals surface area contributed by atoms with Crippen LogP contribution in [-0.4, -0.2) is 34.9 Å². The van der Waals surface area contributed by atoms with Gasteiger partial charge in [0.15, 0.2) is 0 Å². The van der Waals surface area contributed by atoms with E-state index in [1.807, 2.05) is 41.1 Å². The van der Waals surface area contributed by atoms with Gasteiger partial charge < -0.3 is 9.47 Å². The monoisotopic (exact) mass is 454 g/mol. The largest absolute Gasteiger partial charge is 0.497 e. The summed E-state index contributed by atoms with van der Waals surface area (Å²) in [7, 11) is 3.25. The average molecular weight is 455 g/mol. The molecule has 2 heterocycles. The molecule has 0 aliphatic carbocycles. The van der Waals surface area contributed by atoms with E-state index in [1.54, 1.807) is 31.3 Å². The third kappa shape index (κ3) is 3.90. The third-order valence-electron chi connectivity index (χ3n) is 6.32. The van der Waals surface area contributed by atoms with E-state index in [9.17, 15) is 4.79 Å². The summed E-state index contributed by atoms with van der Waals surface area (Å²) in [6.45, 7) is 2.06. The van der Waals surface area contributed by atoms with Crippen LogP contribution in [0.25, 0.3) is 0 Å². The minimum Gasteiger partial charge on any atom is -0.497 e. The summed E-state index contributed by atoms with van der Waals surface area (Å²) in [4.78, 5) is 20.2. The second-order valence-corrected chi connectivity index (χ2v) is 8.36. The van der Waals surface area contributed by atoms with E-state index in [0.29, 0.717) is 23.7 Å².